The predicted octanol–water partition coefficient (Wildman–Crippen LogP) is 3.05. The van der Waals surface area contributed by atoms with Crippen molar-refractivity contribution in [1.82, 2.24) is 15.0 Å². The second-order valence-corrected chi connectivity index (χ2v) is 7.32. The van der Waals surface area contributed by atoms with Crippen molar-refractivity contribution in [3.63, 3.8) is 0 Å². The van der Waals surface area contributed by atoms with Gasteiger partial charge in [0.25, 0.3) is 5.82 Å². The largest absolute Gasteiger partial charge is 0.455 e. The van der Waals surface area contributed by atoms with Gasteiger partial charge in [-0.2, -0.15) is 18.2 Å². The molecule has 0 unspecified atom stereocenters. The van der Waals surface area contributed by atoms with Crippen LogP contribution in [0.2, 0.25) is 0 Å². The van der Waals surface area contributed by atoms with E-state index in [0.717, 1.165) is 31.2 Å². The molecule has 5 nitrogen and oxygen atoms in total. The Balaban J connectivity index is 1.53. The molecule has 0 saturated carbocycles. The Bertz CT molecular complexity index is 765. The molecule has 1 aromatic heterocycles. The van der Waals surface area contributed by atoms with Gasteiger partial charge in [-0.25, -0.2) is 0 Å². The summed E-state index contributed by atoms with van der Waals surface area (Å²) in [5.74, 6) is -1.26. The zero-order valence-electron chi connectivity index (χ0n) is 14.1. The van der Waals surface area contributed by atoms with E-state index in [2.05, 4.69) is 15.0 Å². The molecular formula is C18H20F3N3O2. The van der Waals surface area contributed by atoms with Gasteiger partial charge in [0.05, 0.1) is 13.2 Å². The van der Waals surface area contributed by atoms with Gasteiger partial charge >= 0.3 is 6.18 Å². The summed E-state index contributed by atoms with van der Waals surface area (Å²) in [5.41, 5.74) is 0.878. The molecule has 0 amide bonds. The van der Waals surface area contributed by atoms with Crippen LogP contribution in [0.3, 0.4) is 0 Å². The smallest absolute Gasteiger partial charge is 0.396 e. The highest BCUT2D eigenvalue weighted by molar-refractivity contribution is 5.20. The van der Waals surface area contributed by atoms with E-state index in [4.69, 9.17) is 4.52 Å². The highest BCUT2D eigenvalue weighted by atomic mass is 19.4. The number of nitrogens with zero attached hydrogens (tertiary/aromatic N) is 3. The van der Waals surface area contributed by atoms with Crippen molar-refractivity contribution in [3.8, 4) is 0 Å². The Morgan fingerprint density at radius 2 is 2.00 bits per heavy atom. The Labute approximate surface area is 148 Å². The lowest BCUT2D eigenvalue weighted by molar-refractivity contribution is -0.146. The lowest BCUT2D eigenvalue weighted by atomic mass is 9.70. The summed E-state index contributed by atoms with van der Waals surface area (Å²) < 4.78 is 42.8. The number of fused-ring (bicyclic) bond motifs is 2. The molecule has 4 rings (SSSR count). The molecule has 140 valence electrons. The summed E-state index contributed by atoms with van der Waals surface area (Å²) >= 11 is 0. The Morgan fingerprint density at radius 3 is 2.65 bits per heavy atom. The van der Waals surface area contributed by atoms with E-state index in [1.54, 1.807) is 0 Å². The number of rotatable bonds is 5. The van der Waals surface area contributed by atoms with E-state index in [1.807, 2.05) is 30.3 Å². The van der Waals surface area contributed by atoms with Gasteiger partial charge < -0.3 is 9.63 Å². The van der Waals surface area contributed by atoms with E-state index in [1.165, 1.54) is 0 Å². The van der Waals surface area contributed by atoms with Crippen molar-refractivity contribution in [2.45, 2.75) is 50.5 Å². The third kappa shape index (κ3) is 3.01. The Hall–Kier alpha value is -1.93. The quantitative estimate of drug-likeness (QED) is 0.880. The number of hydrogen-bond acceptors (Lipinski definition) is 5. The number of alkyl halides is 3. The van der Waals surface area contributed by atoms with E-state index in [0.29, 0.717) is 0 Å². The first-order valence-corrected chi connectivity index (χ1v) is 8.72. The van der Waals surface area contributed by atoms with Gasteiger partial charge in [-0.05, 0) is 31.2 Å². The first kappa shape index (κ1) is 17.5. The van der Waals surface area contributed by atoms with Crippen LogP contribution in [0.4, 0.5) is 13.2 Å². The molecule has 8 heteroatoms. The van der Waals surface area contributed by atoms with Crippen LogP contribution >= 0.6 is 0 Å². The molecule has 2 saturated heterocycles. The van der Waals surface area contributed by atoms with Gasteiger partial charge in [0, 0.05) is 17.5 Å². The van der Waals surface area contributed by atoms with Gasteiger partial charge in [-0.1, -0.05) is 35.5 Å². The second kappa shape index (κ2) is 6.35. The Morgan fingerprint density at radius 1 is 1.23 bits per heavy atom. The SMILES string of the molecule is OC[C@@]1(Cc2ccccc2)C[C@H]2CC[C@@H]1N2Cc1nc(C(F)(F)F)no1. The molecule has 3 heterocycles. The van der Waals surface area contributed by atoms with Crippen molar-refractivity contribution in [1.29, 1.82) is 0 Å². The topological polar surface area (TPSA) is 62.4 Å². The first-order valence-electron chi connectivity index (χ1n) is 8.72. The minimum absolute atomic E-state index is 0.0253. The molecule has 26 heavy (non-hydrogen) atoms. The zero-order valence-corrected chi connectivity index (χ0v) is 14.1. The van der Waals surface area contributed by atoms with Crippen LogP contribution in [0.25, 0.3) is 0 Å². The number of hydrogen-bond donors (Lipinski definition) is 1. The van der Waals surface area contributed by atoms with Crippen molar-refractivity contribution in [2.24, 2.45) is 5.41 Å². The van der Waals surface area contributed by atoms with Gasteiger partial charge in [0.2, 0.25) is 5.89 Å². The fourth-order valence-electron chi connectivity index (χ4n) is 4.67. The summed E-state index contributed by atoms with van der Waals surface area (Å²) in [6, 6.07) is 10.3. The van der Waals surface area contributed by atoms with Crippen molar-refractivity contribution < 1.29 is 22.8 Å². The maximum absolute atomic E-state index is 12.7. The highest BCUT2D eigenvalue weighted by Crippen LogP contribution is 2.51. The molecule has 0 spiro atoms. The van der Waals surface area contributed by atoms with Crippen molar-refractivity contribution in [2.75, 3.05) is 6.61 Å². The lowest BCUT2D eigenvalue weighted by Crippen LogP contribution is -2.41. The van der Waals surface area contributed by atoms with E-state index in [-0.39, 0.29) is 36.5 Å². The Kier molecular flexibility index (Phi) is 4.27. The molecule has 2 bridgehead atoms. The molecule has 0 radical (unpaired) electrons. The summed E-state index contributed by atoms with van der Waals surface area (Å²) in [7, 11) is 0. The summed E-state index contributed by atoms with van der Waals surface area (Å²) in [4.78, 5) is 5.62. The minimum atomic E-state index is -4.60. The predicted molar refractivity (Wildman–Crippen MR) is 85.9 cm³/mol. The number of benzene rings is 1. The number of aliphatic hydroxyl groups is 1. The van der Waals surface area contributed by atoms with Crippen LogP contribution in [-0.4, -0.2) is 38.8 Å². The molecule has 2 aliphatic heterocycles. The van der Waals surface area contributed by atoms with Gasteiger partial charge in [-0.15, -0.1) is 0 Å². The second-order valence-electron chi connectivity index (χ2n) is 7.32. The molecule has 2 aromatic rings. The summed E-state index contributed by atoms with van der Waals surface area (Å²) in [6.45, 7) is 0.242. The number of aliphatic hydroxyl groups excluding tert-OH is 1. The monoisotopic (exact) mass is 367 g/mol. The normalized spacial score (nSPS) is 28.8. The average Bonchev–Trinajstić information content (AvgIpc) is 3.30. The van der Waals surface area contributed by atoms with Crippen LogP contribution in [-0.2, 0) is 19.1 Å². The summed E-state index contributed by atoms with van der Waals surface area (Å²) in [5, 5.41) is 13.2. The van der Waals surface area contributed by atoms with Crippen molar-refractivity contribution in [3.05, 3.63) is 47.6 Å². The molecule has 2 fully saturated rings. The van der Waals surface area contributed by atoms with E-state index >= 15 is 0 Å². The fourth-order valence-corrected chi connectivity index (χ4v) is 4.67. The average molecular weight is 367 g/mol. The molecule has 2 aliphatic rings. The molecule has 1 N–H and O–H groups in total. The maximum atomic E-state index is 12.7. The van der Waals surface area contributed by atoms with E-state index < -0.39 is 12.0 Å². The lowest BCUT2D eigenvalue weighted by Gasteiger charge is -2.36. The maximum Gasteiger partial charge on any atom is 0.455 e. The standard InChI is InChI=1S/C18H20F3N3O2/c19-18(20,21)16-22-15(26-23-16)10-24-13-6-7-14(24)17(9-13,11-25)8-12-4-2-1-3-5-12/h1-5,13-14,25H,6-11H2/t13-,14+,17-/m1/s1. The summed E-state index contributed by atoms with van der Waals surface area (Å²) in [6.07, 6.45) is -1.14. The molecule has 3 atom stereocenters. The zero-order chi connectivity index (χ0) is 18.4. The fraction of sp³-hybridized carbons (Fsp3) is 0.556. The molecule has 1 aromatic carbocycles. The van der Waals surface area contributed by atoms with Crippen LogP contribution in [0.5, 0.6) is 0 Å². The number of halogens is 3. The van der Waals surface area contributed by atoms with Crippen LogP contribution in [0, 0.1) is 5.41 Å². The van der Waals surface area contributed by atoms with Crippen LogP contribution in [0.15, 0.2) is 34.9 Å². The third-order valence-corrected chi connectivity index (χ3v) is 5.75. The minimum Gasteiger partial charge on any atom is -0.396 e. The number of aromatic nitrogens is 2. The van der Waals surface area contributed by atoms with Gasteiger partial charge in [-0.3, -0.25) is 4.90 Å². The third-order valence-electron chi connectivity index (χ3n) is 5.75. The molecule has 0 aliphatic carbocycles. The highest BCUT2D eigenvalue weighted by Gasteiger charge is 2.55. The molecular weight excluding hydrogens is 347 g/mol. The van der Waals surface area contributed by atoms with Crippen LogP contribution in [0.1, 0.15) is 36.5 Å². The first-order chi connectivity index (χ1) is 12.4. The van der Waals surface area contributed by atoms with Gasteiger partial charge in [0.15, 0.2) is 0 Å². The van der Waals surface area contributed by atoms with Crippen molar-refractivity contribution >= 4 is 0 Å². The van der Waals surface area contributed by atoms with Gasteiger partial charge in [0.1, 0.15) is 0 Å². The van der Waals surface area contributed by atoms with E-state index in [9.17, 15) is 18.3 Å². The van der Waals surface area contributed by atoms with Crippen LogP contribution < -0.4 is 0 Å².